The summed E-state index contributed by atoms with van der Waals surface area (Å²) < 4.78 is 9.13. The van der Waals surface area contributed by atoms with Crippen LogP contribution in [0.5, 0.6) is 0 Å². The molecule has 0 saturated carbocycles. The fourth-order valence-corrected chi connectivity index (χ4v) is 9.89. The van der Waals surface area contributed by atoms with Crippen molar-refractivity contribution >= 4 is 0 Å². The predicted octanol–water partition coefficient (Wildman–Crippen LogP) is 15.6. The lowest BCUT2D eigenvalue weighted by Gasteiger charge is -2.11. The first-order chi connectivity index (χ1) is 34.9. The van der Waals surface area contributed by atoms with E-state index in [0.29, 0.717) is 11.8 Å². The molecule has 4 aromatic heterocycles. The summed E-state index contributed by atoms with van der Waals surface area (Å²) in [6.07, 6.45) is 2.25. The van der Waals surface area contributed by atoms with Gasteiger partial charge in [0.15, 0.2) is 22.8 Å². The Morgan fingerprint density at radius 3 is 0.946 bits per heavy atom. The summed E-state index contributed by atoms with van der Waals surface area (Å²) >= 11 is 0. The van der Waals surface area contributed by atoms with Gasteiger partial charge in [-0.1, -0.05) is 88.7 Å². The van der Waals surface area contributed by atoms with Crippen LogP contribution in [0.3, 0.4) is 0 Å². The highest BCUT2D eigenvalue weighted by molar-refractivity contribution is 5.64. The van der Waals surface area contributed by atoms with E-state index in [-0.39, 0.29) is 0 Å². The molecule has 8 aromatic rings. The van der Waals surface area contributed by atoms with Gasteiger partial charge in [-0.2, -0.15) is 18.3 Å². The SMILES string of the molecule is CCc1ccc(-c2ccc(C)c(C)[n+]2C)c(C)c1.Cc1cc(C(C)C)ccc1-c1ccc(C)c(C)[n+]1C.Cc1cc(CC(C)C)ccc1-c1ccc(C)c(C)[n+]1C.Cc1ccc(-c2ccc(C)c(C)[n+]2C)c(C)c1. The van der Waals surface area contributed by atoms with Gasteiger partial charge in [-0.15, -0.1) is 0 Å². The van der Waals surface area contributed by atoms with Crippen LogP contribution in [-0.2, 0) is 41.0 Å². The van der Waals surface area contributed by atoms with E-state index in [2.05, 4.69) is 292 Å². The maximum Gasteiger partial charge on any atom is 0.212 e. The zero-order valence-corrected chi connectivity index (χ0v) is 49.9. The number of nitrogens with zero attached hydrogens (tertiary/aromatic N) is 4. The number of benzene rings is 4. The van der Waals surface area contributed by atoms with Gasteiger partial charge in [-0.05, 0) is 174 Å². The van der Waals surface area contributed by atoms with Gasteiger partial charge in [0.05, 0.1) is 0 Å². The highest BCUT2D eigenvalue weighted by atomic mass is 15.0. The molecular formula is C70H92N4+4. The lowest BCUT2D eigenvalue weighted by atomic mass is 9.96. The number of pyridine rings is 4. The molecule has 0 amide bonds. The molecule has 0 aliphatic heterocycles. The van der Waals surface area contributed by atoms with Crippen LogP contribution in [0.1, 0.15) is 130 Å². The van der Waals surface area contributed by atoms with E-state index in [1.807, 2.05) is 0 Å². The molecule has 0 radical (unpaired) electrons. The molecule has 0 fully saturated rings. The van der Waals surface area contributed by atoms with E-state index in [4.69, 9.17) is 0 Å². The van der Waals surface area contributed by atoms with Gasteiger partial charge in [0.2, 0.25) is 22.8 Å². The van der Waals surface area contributed by atoms with Crippen molar-refractivity contribution in [2.24, 2.45) is 34.1 Å². The average Bonchev–Trinajstić information content (AvgIpc) is 3.35. The molecule has 0 bridgehead atoms. The van der Waals surface area contributed by atoms with Crippen molar-refractivity contribution in [1.29, 1.82) is 0 Å². The first-order valence-electron chi connectivity index (χ1n) is 27.1. The standard InChI is InChI=1S/C19H26N.C18H24N.C17H22N.C16H20N/c1-13(2)11-17-8-9-18(15(4)12-17)19-10-7-14(3)16(5)20(19)6;1-12(2)16-8-9-17(14(4)11-16)18-10-7-13(3)15(5)19(18)6;1-6-15-8-9-16(13(3)11-15)17-10-7-12(2)14(4)18(17)5;1-11-6-8-15(13(3)10-11)16-9-7-12(2)14(4)17(16)5/h7-10,12-13H,11H2,1-6H3;7-12H,1-6H3;7-11H,6H2,1-5H3;6-10H,1-5H3/q4*+1. The Hall–Kier alpha value is -6.52. The summed E-state index contributed by atoms with van der Waals surface area (Å²) in [6, 6.07) is 44.8. The van der Waals surface area contributed by atoms with Crippen LogP contribution in [0.4, 0.5) is 0 Å². The molecule has 4 nitrogen and oxygen atoms in total. The number of aryl methyl sites for hydroxylation is 10. The fraction of sp³-hybridized carbons (Fsp3) is 0.371. The normalized spacial score (nSPS) is 10.9. The van der Waals surface area contributed by atoms with Gasteiger partial charge < -0.3 is 0 Å². The van der Waals surface area contributed by atoms with Gasteiger partial charge in [0.25, 0.3) is 0 Å². The van der Waals surface area contributed by atoms with Crippen molar-refractivity contribution in [3.63, 3.8) is 0 Å². The molecule has 0 aliphatic carbocycles. The van der Waals surface area contributed by atoms with Crippen LogP contribution in [0.2, 0.25) is 0 Å². The number of hydrogen-bond acceptors (Lipinski definition) is 0. The van der Waals surface area contributed by atoms with Gasteiger partial charge in [0, 0.05) is 96.5 Å². The van der Waals surface area contributed by atoms with E-state index >= 15 is 0 Å². The second-order valence-corrected chi connectivity index (χ2v) is 22.0. The second kappa shape index (κ2) is 25.6. The van der Waals surface area contributed by atoms with Crippen LogP contribution in [0.15, 0.2) is 121 Å². The lowest BCUT2D eigenvalue weighted by Crippen LogP contribution is -2.35. The summed E-state index contributed by atoms with van der Waals surface area (Å²) in [5.41, 5.74) is 32.1. The van der Waals surface area contributed by atoms with Gasteiger partial charge >= 0.3 is 0 Å². The Bertz CT molecular complexity index is 3260. The monoisotopic (exact) mass is 989 g/mol. The predicted molar refractivity (Wildman–Crippen MR) is 316 cm³/mol. The van der Waals surface area contributed by atoms with Crippen LogP contribution in [0, 0.1) is 95.9 Å². The van der Waals surface area contributed by atoms with Crippen molar-refractivity contribution in [3.8, 4) is 45.0 Å². The van der Waals surface area contributed by atoms with Crippen molar-refractivity contribution in [3.05, 3.63) is 211 Å². The van der Waals surface area contributed by atoms with Crippen LogP contribution in [-0.4, -0.2) is 0 Å². The molecule has 388 valence electrons. The van der Waals surface area contributed by atoms with Gasteiger partial charge in [-0.25, -0.2) is 0 Å². The zero-order valence-electron chi connectivity index (χ0n) is 49.9. The molecule has 4 heterocycles. The smallest absolute Gasteiger partial charge is 0.198 e. The molecular weight excluding hydrogens is 897 g/mol. The Balaban J connectivity index is 0.000000183. The maximum absolute atomic E-state index is 2.34. The molecule has 0 unspecified atom stereocenters. The number of aromatic nitrogens is 4. The summed E-state index contributed by atoms with van der Waals surface area (Å²) in [7, 11) is 8.58. The minimum atomic E-state index is 0.584. The first-order valence-corrected chi connectivity index (χ1v) is 27.1. The molecule has 8 rings (SSSR count). The van der Waals surface area contributed by atoms with E-state index in [0.717, 1.165) is 12.8 Å². The van der Waals surface area contributed by atoms with Crippen molar-refractivity contribution in [2.75, 3.05) is 0 Å². The molecule has 0 N–H and O–H groups in total. The molecule has 4 heteroatoms. The molecule has 0 aliphatic rings. The Morgan fingerprint density at radius 1 is 0.324 bits per heavy atom. The summed E-state index contributed by atoms with van der Waals surface area (Å²) in [5.74, 6) is 1.29. The maximum atomic E-state index is 2.34. The lowest BCUT2D eigenvalue weighted by molar-refractivity contribution is -0.667. The summed E-state index contributed by atoms with van der Waals surface area (Å²) in [5, 5.41) is 0. The van der Waals surface area contributed by atoms with Gasteiger partial charge in [0.1, 0.15) is 28.2 Å². The third-order valence-electron chi connectivity index (χ3n) is 15.7. The number of rotatable bonds is 8. The van der Waals surface area contributed by atoms with Crippen LogP contribution < -0.4 is 18.3 Å². The van der Waals surface area contributed by atoms with Crippen molar-refractivity contribution in [2.45, 2.75) is 143 Å². The third kappa shape index (κ3) is 14.0. The quantitative estimate of drug-likeness (QED) is 0.135. The summed E-state index contributed by atoms with van der Waals surface area (Å²) in [4.78, 5) is 0. The fourth-order valence-electron chi connectivity index (χ4n) is 9.89. The van der Waals surface area contributed by atoms with Gasteiger partial charge in [-0.3, -0.25) is 0 Å². The molecule has 0 spiro atoms. The minimum absolute atomic E-state index is 0.584. The molecule has 0 atom stereocenters. The van der Waals surface area contributed by atoms with Crippen molar-refractivity contribution in [1.82, 2.24) is 0 Å². The third-order valence-corrected chi connectivity index (χ3v) is 15.7. The Labute approximate surface area is 449 Å². The average molecular weight is 990 g/mol. The number of hydrogen-bond donors (Lipinski definition) is 0. The van der Waals surface area contributed by atoms with Crippen molar-refractivity contribution < 1.29 is 18.3 Å². The molecule has 4 aromatic carbocycles. The highest BCUT2D eigenvalue weighted by Crippen LogP contribution is 2.28. The highest BCUT2D eigenvalue weighted by Gasteiger charge is 2.20. The largest absolute Gasteiger partial charge is 0.212 e. The summed E-state index contributed by atoms with van der Waals surface area (Å²) in [6.45, 7) is 39.5. The zero-order chi connectivity index (χ0) is 54.9. The van der Waals surface area contributed by atoms with E-state index < -0.39 is 0 Å². The Morgan fingerprint density at radius 2 is 0.635 bits per heavy atom. The van der Waals surface area contributed by atoms with E-state index in [1.54, 1.807) is 0 Å². The molecule has 0 saturated heterocycles. The topological polar surface area (TPSA) is 15.5 Å². The van der Waals surface area contributed by atoms with E-state index in [1.165, 1.54) is 135 Å². The first kappa shape index (κ1) is 58.4. The Kier molecular flexibility index (Phi) is 20.2. The van der Waals surface area contributed by atoms with E-state index in [9.17, 15) is 0 Å². The molecule has 74 heavy (non-hydrogen) atoms. The van der Waals surface area contributed by atoms with Crippen LogP contribution >= 0.6 is 0 Å². The minimum Gasteiger partial charge on any atom is -0.198 e. The second-order valence-electron chi connectivity index (χ2n) is 22.0. The van der Waals surface area contributed by atoms with Crippen LogP contribution in [0.25, 0.3) is 45.0 Å².